The molecule has 32 heavy (non-hydrogen) atoms. The highest BCUT2D eigenvalue weighted by molar-refractivity contribution is 7.16. The number of esters is 1. The Morgan fingerprint density at radius 2 is 1.97 bits per heavy atom. The van der Waals surface area contributed by atoms with E-state index >= 15 is 0 Å². The number of furan rings is 1. The number of hydrogen-bond acceptors (Lipinski definition) is 7. The molecular formula is C23H21N3O5S. The molecule has 3 N–H and O–H groups in total. The SMILES string of the molecule is COC(=O)c1sc(C(=O)NC2(NC=O)C=C(c3ccc(C)o3)Nc3ccccc32)cc1C. The Balaban J connectivity index is 1.78. The molecule has 164 valence electrons. The van der Waals surface area contributed by atoms with Gasteiger partial charge >= 0.3 is 5.97 Å². The van der Waals surface area contributed by atoms with Crippen molar-refractivity contribution in [1.29, 1.82) is 0 Å². The number of benzene rings is 1. The van der Waals surface area contributed by atoms with Crippen molar-refractivity contribution in [1.82, 2.24) is 10.6 Å². The number of ether oxygens (including phenoxy) is 1. The molecule has 1 aliphatic rings. The number of anilines is 1. The van der Waals surface area contributed by atoms with Crippen molar-refractivity contribution >= 4 is 41.0 Å². The van der Waals surface area contributed by atoms with E-state index in [4.69, 9.17) is 9.15 Å². The molecule has 3 aromatic rings. The van der Waals surface area contributed by atoms with Crippen LogP contribution in [-0.2, 0) is 15.2 Å². The molecule has 0 bridgehead atoms. The van der Waals surface area contributed by atoms with Gasteiger partial charge in [0.1, 0.15) is 16.4 Å². The molecule has 2 amide bonds. The van der Waals surface area contributed by atoms with Crippen LogP contribution in [0, 0.1) is 13.8 Å². The lowest BCUT2D eigenvalue weighted by Gasteiger charge is -2.37. The highest BCUT2D eigenvalue weighted by Crippen LogP contribution is 2.37. The fraction of sp³-hybridized carbons (Fsp3) is 0.174. The van der Waals surface area contributed by atoms with Crippen molar-refractivity contribution < 1.29 is 23.5 Å². The summed E-state index contributed by atoms with van der Waals surface area (Å²) in [6.45, 7) is 3.56. The Morgan fingerprint density at radius 1 is 1.19 bits per heavy atom. The number of carbonyl (C=O) groups is 3. The summed E-state index contributed by atoms with van der Waals surface area (Å²) in [4.78, 5) is 37.5. The number of nitrogens with one attached hydrogen (secondary N) is 3. The number of amides is 2. The van der Waals surface area contributed by atoms with Crippen LogP contribution >= 0.6 is 11.3 Å². The number of thiophene rings is 1. The monoisotopic (exact) mass is 451 g/mol. The van der Waals surface area contributed by atoms with Crippen LogP contribution in [0.25, 0.3) is 5.70 Å². The zero-order chi connectivity index (χ0) is 22.9. The van der Waals surface area contributed by atoms with Gasteiger partial charge in [-0.15, -0.1) is 11.3 Å². The molecule has 0 saturated heterocycles. The fourth-order valence-electron chi connectivity index (χ4n) is 3.61. The summed E-state index contributed by atoms with van der Waals surface area (Å²) >= 11 is 1.03. The van der Waals surface area contributed by atoms with Crippen LogP contribution in [-0.4, -0.2) is 25.4 Å². The van der Waals surface area contributed by atoms with Gasteiger partial charge in [0.2, 0.25) is 6.41 Å². The van der Waals surface area contributed by atoms with E-state index in [1.165, 1.54) is 7.11 Å². The maximum atomic E-state index is 13.2. The van der Waals surface area contributed by atoms with Crippen molar-refractivity contribution in [3.05, 3.63) is 80.9 Å². The van der Waals surface area contributed by atoms with Crippen LogP contribution in [0.5, 0.6) is 0 Å². The number of aryl methyl sites for hydroxylation is 2. The Bertz CT molecular complexity index is 1240. The minimum Gasteiger partial charge on any atom is -0.465 e. The van der Waals surface area contributed by atoms with Gasteiger partial charge in [-0.05, 0) is 49.8 Å². The third kappa shape index (κ3) is 3.78. The molecule has 2 aromatic heterocycles. The van der Waals surface area contributed by atoms with E-state index in [0.29, 0.717) is 44.4 Å². The number of carbonyl (C=O) groups excluding carboxylic acids is 3. The second-order valence-corrected chi connectivity index (χ2v) is 8.33. The standard InChI is InChI=1S/C23H21N3O5S/c1-13-10-19(32-20(13)22(29)30-3)21(28)26-23(24-12-27)11-17(18-9-8-14(2)31-18)25-16-7-5-4-6-15(16)23/h4-12,25H,1-3H3,(H,24,27)(H,26,28). The summed E-state index contributed by atoms with van der Waals surface area (Å²) in [6, 6.07) is 12.6. The van der Waals surface area contributed by atoms with Gasteiger partial charge in [-0.25, -0.2) is 4.79 Å². The van der Waals surface area contributed by atoms with Gasteiger partial charge in [-0.1, -0.05) is 18.2 Å². The molecule has 4 rings (SSSR count). The van der Waals surface area contributed by atoms with Crippen LogP contribution in [0.3, 0.4) is 0 Å². The number of methoxy groups -OCH3 is 1. The molecule has 1 atom stereocenters. The first kappa shape index (κ1) is 21.4. The maximum absolute atomic E-state index is 13.2. The van der Waals surface area contributed by atoms with Gasteiger partial charge in [0.15, 0.2) is 5.66 Å². The van der Waals surface area contributed by atoms with Gasteiger partial charge in [0, 0.05) is 11.3 Å². The van der Waals surface area contributed by atoms with Crippen molar-refractivity contribution in [3.8, 4) is 0 Å². The largest absolute Gasteiger partial charge is 0.465 e. The first-order valence-corrected chi connectivity index (χ1v) is 10.6. The average Bonchev–Trinajstić information content (AvgIpc) is 3.39. The molecule has 8 nitrogen and oxygen atoms in total. The van der Waals surface area contributed by atoms with E-state index < -0.39 is 17.5 Å². The van der Waals surface area contributed by atoms with Crippen molar-refractivity contribution in [2.24, 2.45) is 0 Å². The van der Waals surface area contributed by atoms with Crippen molar-refractivity contribution in [2.75, 3.05) is 12.4 Å². The van der Waals surface area contributed by atoms with Crippen LogP contribution in [0.2, 0.25) is 0 Å². The van der Waals surface area contributed by atoms with Crippen molar-refractivity contribution in [2.45, 2.75) is 19.5 Å². The van der Waals surface area contributed by atoms with E-state index in [2.05, 4.69) is 16.0 Å². The molecule has 1 aromatic carbocycles. The quantitative estimate of drug-likeness (QED) is 0.300. The highest BCUT2D eigenvalue weighted by atomic mass is 32.1. The zero-order valence-corrected chi connectivity index (χ0v) is 18.5. The van der Waals surface area contributed by atoms with Crippen LogP contribution in [0.1, 0.15) is 42.0 Å². The number of rotatable bonds is 6. The summed E-state index contributed by atoms with van der Waals surface area (Å²) < 4.78 is 10.5. The molecule has 1 aliphatic heterocycles. The first-order valence-electron chi connectivity index (χ1n) is 9.75. The van der Waals surface area contributed by atoms with E-state index in [1.54, 1.807) is 31.2 Å². The molecule has 3 heterocycles. The van der Waals surface area contributed by atoms with Gasteiger partial charge in [-0.2, -0.15) is 0 Å². The Labute approximate surface area is 188 Å². The summed E-state index contributed by atoms with van der Waals surface area (Å²) in [6.07, 6.45) is 2.23. The first-order chi connectivity index (χ1) is 15.4. The van der Waals surface area contributed by atoms with E-state index in [-0.39, 0.29) is 0 Å². The number of hydrogen-bond donors (Lipinski definition) is 3. The summed E-state index contributed by atoms with van der Waals surface area (Å²) in [7, 11) is 1.29. The van der Waals surface area contributed by atoms with Crippen LogP contribution in [0.4, 0.5) is 5.69 Å². The molecule has 1 unspecified atom stereocenters. The predicted octanol–water partition coefficient (Wildman–Crippen LogP) is 3.54. The second kappa shape index (κ2) is 8.35. The third-order valence-electron chi connectivity index (χ3n) is 5.10. The topological polar surface area (TPSA) is 110 Å². The summed E-state index contributed by atoms with van der Waals surface area (Å²) in [5.74, 6) is 0.326. The third-order valence-corrected chi connectivity index (χ3v) is 6.31. The Morgan fingerprint density at radius 3 is 2.66 bits per heavy atom. The summed E-state index contributed by atoms with van der Waals surface area (Å²) in [5.41, 5.74) is 1.22. The summed E-state index contributed by atoms with van der Waals surface area (Å²) in [5, 5.41) is 8.98. The smallest absolute Gasteiger partial charge is 0.348 e. The van der Waals surface area contributed by atoms with Gasteiger partial charge in [-0.3, -0.25) is 9.59 Å². The highest BCUT2D eigenvalue weighted by Gasteiger charge is 2.38. The van der Waals surface area contributed by atoms with E-state index in [0.717, 1.165) is 17.1 Å². The normalized spacial score (nSPS) is 16.9. The Kier molecular flexibility index (Phi) is 5.58. The minimum atomic E-state index is -1.35. The van der Waals surface area contributed by atoms with E-state index in [9.17, 15) is 14.4 Å². The predicted molar refractivity (Wildman–Crippen MR) is 120 cm³/mol. The molecule has 0 radical (unpaired) electrons. The zero-order valence-electron chi connectivity index (χ0n) is 17.6. The molecule has 0 aliphatic carbocycles. The fourth-order valence-corrected chi connectivity index (χ4v) is 4.59. The second-order valence-electron chi connectivity index (χ2n) is 7.28. The average molecular weight is 452 g/mol. The molecule has 9 heteroatoms. The Hall–Kier alpha value is -3.85. The molecule has 0 saturated carbocycles. The van der Waals surface area contributed by atoms with Crippen LogP contribution < -0.4 is 16.0 Å². The molecule has 0 spiro atoms. The lowest BCUT2D eigenvalue weighted by atomic mass is 9.92. The number of fused-ring (bicyclic) bond motifs is 1. The lowest BCUT2D eigenvalue weighted by molar-refractivity contribution is -0.111. The molecule has 0 fully saturated rings. The van der Waals surface area contributed by atoms with E-state index in [1.807, 2.05) is 31.2 Å². The van der Waals surface area contributed by atoms with Crippen molar-refractivity contribution in [3.63, 3.8) is 0 Å². The number of para-hydroxylation sites is 1. The van der Waals surface area contributed by atoms with Crippen LogP contribution in [0.15, 0.2) is 53.0 Å². The van der Waals surface area contributed by atoms with Gasteiger partial charge in [0.05, 0.1) is 17.7 Å². The van der Waals surface area contributed by atoms with Gasteiger partial charge < -0.3 is 25.1 Å². The molecular weight excluding hydrogens is 430 g/mol. The lowest BCUT2D eigenvalue weighted by Crippen LogP contribution is -2.56. The van der Waals surface area contributed by atoms with Gasteiger partial charge in [0.25, 0.3) is 5.91 Å². The maximum Gasteiger partial charge on any atom is 0.348 e. The minimum absolute atomic E-state index is 0.315.